The van der Waals surface area contributed by atoms with Crippen molar-refractivity contribution >= 4 is 11.9 Å². The number of carbonyl (C=O) groups is 2. The van der Waals surface area contributed by atoms with E-state index in [2.05, 4.69) is 20.4 Å². The molecule has 0 amide bonds. The second kappa shape index (κ2) is 6.09. The van der Waals surface area contributed by atoms with Gasteiger partial charge in [-0.15, -0.1) is 0 Å². The van der Waals surface area contributed by atoms with Gasteiger partial charge in [0, 0.05) is 12.8 Å². The van der Waals surface area contributed by atoms with E-state index in [-0.39, 0.29) is 28.9 Å². The molecule has 4 rings (SSSR count). The molecule has 4 aliphatic carbocycles. The van der Waals surface area contributed by atoms with Crippen LogP contribution in [0.25, 0.3) is 0 Å². The molecule has 1 spiro atoms. The summed E-state index contributed by atoms with van der Waals surface area (Å²) in [7, 11) is 1.52. The van der Waals surface area contributed by atoms with Crippen LogP contribution >= 0.6 is 0 Å². The van der Waals surface area contributed by atoms with Gasteiger partial charge in [0.25, 0.3) is 0 Å². The van der Waals surface area contributed by atoms with Crippen LogP contribution in [0.3, 0.4) is 0 Å². The van der Waals surface area contributed by atoms with Gasteiger partial charge in [-0.1, -0.05) is 25.5 Å². The molecule has 4 nitrogen and oxygen atoms in total. The lowest BCUT2D eigenvalue weighted by atomic mass is 9.41. The van der Waals surface area contributed by atoms with Crippen LogP contribution in [-0.2, 0) is 19.1 Å². The number of hydrogen-bond acceptors (Lipinski definition) is 4. The lowest BCUT2D eigenvalue weighted by molar-refractivity contribution is -0.192. The predicted octanol–water partition coefficient (Wildman–Crippen LogP) is 4.67. The summed E-state index contributed by atoms with van der Waals surface area (Å²) < 4.78 is 11.0. The summed E-state index contributed by atoms with van der Waals surface area (Å²) in [4.78, 5) is 24.5. The first kappa shape index (κ1) is 19.0. The largest absolute Gasteiger partial charge is 0.469 e. The minimum atomic E-state index is -0.396. The Morgan fingerprint density at radius 3 is 2.56 bits per heavy atom. The highest BCUT2D eigenvalue weighted by atomic mass is 16.5. The molecule has 27 heavy (non-hydrogen) atoms. The fourth-order valence-electron chi connectivity index (χ4n) is 8.11. The summed E-state index contributed by atoms with van der Waals surface area (Å²) in [6.45, 7) is 10.4. The minimum Gasteiger partial charge on any atom is -0.469 e. The molecule has 4 aliphatic rings. The van der Waals surface area contributed by atoms with Crippen LogP contribution in [0.1, 0.15) is 72.1 Å². The number of fused-ring (bicyclic) bond motifs is 3. The van der Waals surface area contributed by atoms with Gasteiger partial charge in [0.2, 0.25) is 0 Å². The minimum absolute atomic E-state index is 0.0440. The average Bonchev–Trinajstić information content (AvgIpc) is 2.87. The first-order valence-electron chi connectivity index (χ1n) is 10.6. The monoisotopic (exact) mass is 374 g/mol. The highest BCUT2D eigenvalue weighted by Gasteiger charge is 2.67. The standard InChI is InChI=1S/C23H34O4/c1-14-12-23-10-7-18-21(3,8-6-9-22(18,4)20(25)26-5)19(23)11-17(16(14)13-23)27-15(2)24/h16-19H,1,6-13H2,2-5H3. The van der Waals surface area contributed by atoms with E-state index in [0.717, 1.165) is 51.4 Å². The number of methoxy groups -OCH3 is 1. The van der Waals surface area contributed by atoms with E-state index < -0.39 is 5.41 Å². The average molecular weight is 375 g/mol. The van der Waals surface area contributed by atoms with E-state index in [0.29, 0.717) is 17.8 Å². The van der Waals surface area contributed by atoms with E-state index in [1.807, 2.05) is 0 Å². The fourth-order valence-corrected chi connectivity index (χ4v) is 8.11. The molecule has 0 aromatic heterocycles. The zero-order valence-corrected chi connectivity index (χ0v) is 17.3. The Morgan fingerprint density at radius 2 is 1.89 bits per heavy atom. The molecular weight excluding hydrogens is 340 g/mol. The van der Waals surface area contributed by atoms with Crippen molar-refractivity contribution < 1.29 is 19.1 Å². The van der Waals surface area contributed by atoms with E-state index in [9.17, 15) is 9.59 Å². The van der Waals surface area contributed by atoms with Crippen molar-refractivity contribution in [3.8, 4) is 0 Å². The molecule has 0 heterocycles. The van der Waals surface area contributed by atoms with Gasteiger partial charge in [-0.25, -0.2) is 0 Å². The second-order valence-corrected chi connectivity index (χ2v) is 10.3. The van der Waals surface area contributed by atoms with E-state index in [4.69, 9.17) is 9.47 Å². The summed E-state index contributed by atoms with van der Waals surface area (Å²) >= 11 is 0. The topological polar surface area (TPSA) is 52.6 Å². The van der Waals surface area contributed by atoms with E-state index in [1.165, 1.54) is 19.6 Å². The summed E-state index contributed by atoms with van der Waals surface area (Å²) in [6.07, 6.45) is 8.44. The van der Waals surface area contributed by atoms with E-state index >= 15 is 0 Å². The third kappa shape index (κ3) is 2.54. The second-order valence-electron chi connectivity index (χ2n) is 10.3. The van der Waals surface area contributed by atoms with Gasteiger partial charge in [0.05, 0.1) is 12.5 Å². The van der Waals surface area contributed by atoms with Crippen LogP contribution < -0.4 is 0 Å². The van der Waals surface area contributed by atoms with E-state index in [1.54, 1.807) is 0 Å². The fraction of sp³-hybridized carbons (Fsp3) is 0.826. The van der Waals surface area contributed by atoms with Crippen LogP contribution in [0.15, 0.2) is 12.2 Å². The van der Waals surface area contributed by atoms with Crippen LogP contribution in [0, 0.1) is 34.0 Å². The molecule has 0 radical (unpaired) electrons. The highest BCUT2D eigenvalue weighted by molar-refractivity contribution is 5.77. The maximum absolute atomic E-state index is 12.8. The van der Waals surface area contributed by atoms with Crippen molar-refractivity contribution in [3.05, 3.63) is 12.2 Å². The molecule has 4 heteroatoms. The quantitative estimate of drug-likeness (QED) is 0.521. The van der Waals surface area contributed by atoms with Gasteiger partial charge in [-0.2, -0.15) is 0 Å². The van der Waals surface area contributed by atoms with Crippen molar-refractivity contribution in [1.82, 2.24) is 0 Å². The number of hydrogen-bond donors (Lipinski definition) is 0. The smallest absolute Gasteiger partial charge is 0.311 e. The third-order valence-corrected chi connectivity index (χ3v) is 9.06. The van der Waals surface area contributed by atoms with Crippen molar-refractivity contribution in [3.63, 3.8) is 0 Å². The molecule has 7 atom stereocenters. The summed E-state index contributed by atoms with van der Waals surface area (Å²) in [5.74, 6) is 0.905. The molecule has 7 unspecified atom stereocenters. The highest BCUT2D eigenvalue weighted by Crippen LogP contribution is 2.72. The molecule has 4 saturated carbocycles. The molecule has 2 bridgehead atoms. The van der Waals surface area contributed by atoms with Gasteiger partial charge in [0.15, 0.2) is 0 Å². The molecular formula is C23H34O4. The number of ether oxygens (including phenoxy) is 2. The first-order valence-corrected chi connectivity index (χ1v) is 10.6. The summed E-state index contributed by atoms with van der Waals surface area (Å²) in [5.41, 5.74) is 1.26. The number of esters is 2. The van der Waals surface area contributed by atoms with Crippen molar-refractivity contribution in [2.24, 2.45) is 34.0 Å². The van der Waals surface area contributed by atoms with Crippen LogP contribution in [-0.4, -0.2) is 25.2 Å². The van der Waals surface area contributed by atoms with Crippen LogP contribution in [0.5, 0.6) is 0 Å². The van der Waals surface area contributed by atoms with Gasteiger partial charge in [-0.3, -0.25) is 9.59 Å². The molecule has 0 saturated heterocycles. The third-order valence-electron chi connectivity index (χ3n) is 9.06. The van der Waals surface area contributed by atoms with Crippen molar-refractivity contribution in [2.75, 3.05) is 7.11 Å². The SMILES string of the molecule is C=C1CC23CCC4C(C)(C(=O)OC)CCCC4(C)C2CC(OC(C)=O)C1C3. The number of carbonyl (C=O) groups excluding carboxylic acids is 2. The maximum Gasteiger partial charge on any atom is 0.311 e. The Bertz CT molecular complexity index is 684. The number of rotatable bonds is 2. The lowest BCUT2D eigenvalue weighted by Gasteiger charge is -2.63. The van der Waals surface area contributed by atoms with Gasteiger partial charge in [0.1, 0.15) is 6.10 Å². The zero-order valence-electron chi connectivity index (χ0n) is 17.3. The van der Waals surface area contributed by atoms with Gasteiger partial charge in [-0.05, 0) is 74.5 Å². The first-order chi connectivity index (χ1) is 12.7. The Labute approximate surface area is 163 Å². The Kier molecular flexibility index (Phi) is 4.29. The molecule has 0 aromatic carbocycles. The predicted molar refractivity (Wildman–Crippen MR) is 103 cm³/mol. The molecule has 150 valence electrons. The Balaban J connectivity index is 1.73. The van der Waals surface area contributed by atoms with Crippen molar-refractivity contribution in [1.29, 1.82) is 0 Å². The summed E-state index contributed by atoms with van der Waals surface area (Å²) in [5, 5.41) is 0. The zero-order chi connectivity index (χ0) is 19.6. The molecule has 4 fully saturated rings. The molecule has 0 N–H and O–H groups in total. The van der Waals surface area contributed by atoms with Crippen molar-refractivity contribution in [2.45, 2.75) is 78.2 Å². The maximum atomic E-state index is 12.8. The molecule has 0 aliphatic heterocycles. The Morgan fingerprint density at radius 1 is 1.15 bits per heavy atom. The Hall–Kier alpha value is -1.32. The lowest BCUT2D eigenvalue weighted by Crippen LogP contribution is -2.59. The molecule has 0 aromatic rings. The van der Waals surface area contributed by atoms with Crippen LogP contribution in [0.2, 0.25) is 0 Å². The van der Waals surface area contributed by atoms with Crippen LogP contribution in [0.4, 0.5) is 0 Å². The van der Waals surface area contributed by atoms with Gasteiger partial charge < -0.3 is 9.47 Å². The normalized spacial score (nSPS) is 48.4. The van der Waals surface area contributed by atoms with Gasteiger partial charge >= 0.3 is 11.9 Å². The summed E-state index contributed by atoms with van der Waals surface area (Å²) in [6, 6.07) is 0.